The number of anilines is 1. The molecule has 0 aliphatic carbocycles. The van der Waals surface area contributed by atoms with Crippen molar-refractivity contribution in [3.63, 3.8) is 0 Å². The summed E-state index contributed by atoms with van der Waals surface area (Å²) in [6.45, 7) is -0.298. The lowest BCUT2D eigenvalue weighted by atomic mass is 9.96. The van der Waals surface area contributed by atoms with Crippen LogP contribution in [0, 0.1) is 5.92 Å². The molecule has 1 saturated heterocycles. The second-order valence-corrected chi connectivity index (χ2v) is 6.00. The monoisotopic (exact) mass is 410 g/mol. The van der Waals surface area contributed by atoms with Crippen LogP contribution in [0.25, 0.3) is 11.1 Å². The maximum absolute atomic E-state index is 13.1. The zero-order valence-electron chi connectivity index (χ0n) is 14.0. The lowest BCUT2D eigenvalue weighted by molar-refractivity contribution is -0.127. The number of para-hydroxylation sites is 2. The molecule has 0 atom stereocenters. The van der Waals surface area contributed by atoms with Gasteiger partial charge in [0.2, 0.25) is 5.91 Å². The summed E-state index contributed by atoms with van der Waals surface area (Å²) in [5.41, 5.74) is 6.47. The number of halogens is 4. The van der Waals surface area contributed by atoms with Crippen LogP contribution in [-0.4, -0.2) is 43.0 Å². The summed E-state index contributed by atoms with van der Waals surface area (Å²) in [6.07, 6.45) is 1.14. The molecule has 0 bridgehead atoms. The largest absolute Gasteiger partial charge is 0.423 e. The number of nitrogens with one attached hydrogen (secondary N) is 1. The maximum Gasteiger partial charge on any atom is 0.298 e. The number of aromatic nitrogens is 1. The first kappa shape index (κ1) is 22.4. The van der Waals surface area contributed by atoms with Crippen molar-refractivity contribution in [1.29, 1.82) is 0 Å². The predicted molar refractivity (Wildman–Crippen MR) is 100 cm³/mol. The fourth-order valence-electron chi connectivity index (χ4n) is 2.76. The summed E-state index contributed by atoms with van der Waals surface area (Å²) in [6, 6.07) is 8.03. The van der Waals surface area contributed by atoms with Gasteiger partial charge in [0.15, 0.2) is 5.58 Å². The number of rotatable bonds is 5. The van der Waals surface area contributed by atoms with Gasteiger partial charge in [0, 0.05) is 19.0 Å². The number of nitrogens with zero attached hydrogens (tertiary/aromatic N) is 2. The molecule has 2 heterocycles. The Morgan fingerprint density at radius 1 is 1.31 bits per heavy atom. The van der Waals surface area contributed by atoms with Gasteiger partial charge in [-0.2, -0.15) is 4.98 Å². The minimum atomic E-state index is -3.06. The van der Waals surface area contributed by atoms with E-state index in [1.54, 1.807) is 0 Å². The normalized spacial score (nSPS) is 15.3. The first-order valence-electron chi connectivity index (χ1n) is 7.95. The Balaban J connectivity index is 0.00000169. The molecule has 10 heteroatoms. The number of carbonyl (C=O) groups is 1. The van der Waals surface area contributed by atoms with Crippen LogP contribution in [-0.2, 0) is 4.79 Å². The molecule has 1 amide bonds. The fraction of sp³-hybridized carbons (Fsp3) is 0.500. The van der Waals surface area contributed by atoms with Crippen molar-refractivity contribution in [1.82, 2.24) is 10.3 Å². The van der Waals surface area contributed by atoms with Crippen LogP contribution in [0.1, 0.15) is 12.8 Å². The van der Waals surface area contributed by atoms with Gasteiger partial charge in [-0.1, -0.05) is 12.1 Å². The average molecular weight is 411 g/mol. The van der Waals surface area contributed by atoms with Crippen LogP contribution >= 0.6 is 24.8 Å². The van der Waals surface area contributed by atoms with E-state index in [9.17, 15) is 13.6 Å². The van der Waals surface area contributed by atoms with Gasteiger partial charge in [-0.15, -0.1) is 24.8 Å². The lowest BCUT2D eigenvalue weighted by Gasteiger charge is -2.30. The molecule has 0 saturated carbocycles. The molecule has 2 aromatic rings. The fourth-order valence-corrected chi connectivity index (χ4v) is 2.76. The Hall–Kier alpha value is -1.64. The number of oxazole rings is 1. The van der Waals surface area contributed by atoms with E-state index in [2.05, 4.69) is 10.3 Å². The van der Waals surface area contributed by atoms with Crippen LogP contribution in [0.5, 0.6) is 0 Å². The van der Waals surface area contributed by atoms with Crippen LogP contribution in [0.4, 0.5) is 14.8 Å². The van der Waals surface area contributed by atoms with Crippen LogP contribution in [0.2, 0.25) is 0 Å². The van der Waals surface area contributed by atoms with Crippen molar-refractivity contribution in [3.05, 3.63) is 24.3 Å². The van der Waals surface area contributed by atoms with E-state index in [0.717, 1.165) is 11.1 Å². The quantitative estimate of drug-likeness (QED) is 0.790. The summed E-state index contributed by atoms with van der Waals surface area (Å²) < 4.78 is 31.9. The van der Waals surface area contributed by atoms with E-state index in [-0.39, 0.29) is 36.6 Å². The Labute approximate surface area is 162 Å². The smallest absolute Gasteiger partial charge is 0.298 e. The molecule has 1 aliphatic rings. The van der Waals surface area contributed by atoms with E-state index in [1.807, 2.05) is 29.2 Å². The third-order valence-electron chi connectivity index (χ3n) is 4.24. The number of benzene rings is 1. The molecule has 6 nitrogen and oxygen atoms in total. The summed E-state index contributed by atoms with van der Waals surface area (Å²) in [4.78, 5) is 18.4. The summed E-state index contributed by atoms with van der Waals surface area (Å²) in [7, 11) is 0. The van der Waals surface area contributed by atoms with Crippen molar-refractivity contribution in [3.8, 4) is 0 Å². The molecular weight excluding hydrogens is 389 g/mol. The number of carbonyl (C=O) groups excluding carboxylic acids is 1. The SMILES string of the molecule is Cl.Cl.NCC(F)(F)CNC(=O)C1CCN(c2nc3ccccc3o2)CC1. The van der Waals surface area contributed by atoms with Crippen LogP contribution in [0.15, 0.2) is 28.7 Å². The minimum absolute atomic E-state index is 0. The standard InChI is InChI=1S/C16H20F2N4O2.2ClH/c17-16(18,9-19)10-20-14(23)11-5-7-22(8-6-11)15-21-12-3-1-2-4-13(12)24-15;;/h1-4,11H,5-10,19H2,(H,20,23);2*1H. The number of fused-ring (bicyclic) bond motifs is 1. The van der Waals surface area contributed by atoms with Gasteiger partial charge in [0.25, 0.3) is 11.9 Å². The number of hydrogen-bond donors (Lipinski definition) is 2. The minimum Gasteiger partial charge on any atom is -0.423 e. The predicted octanol–water partition coefficient (Wildman–Crippen LogP) is 2.60. The highest BCUT2D eigenvalue weighted by Gasteiger charge is 2.31. The topological polar surface area (TPSA) is 84.4 Å². The number of alkyl halides is 2. The molecule has 1 fully saturated rings. The van der Waals surface area contributed by atoms with Gasteiger partial charge < -0.3 is 20.4 Å². The molecule has 0 unspecified atom stereocenters. The Bertz CT molecular complexity index is 688. The number of piperidine rings is 1. The van der Waals surface area contributed by atoms with E-state index in [0.29, 0.717) is 31.9 Å². The van der Waals surface area contributed by atoms with E-state index in [4.69, 9.17) is 10.2 Å². The highest BCUT2D eigenvalue weighted by atomic mass is 35.5. The number of hydrogen-bond acceptors (Lipinski definition) is 5. The summed E-state index contributed by atoms with van der Waals surface area (Å²) in [5.74, 6) is -3.69. The highest BCUT2D eigenvalue weighted by molar-refractivity contribution is 5.85. The van der Waals surface area contributed by atoms with E-state index in [1.165, 1.54) is 0 Å². The van der Waals surface area contributed by atoms with Gasteiger partial charge in [-0.25, -0.2) is 8.78 Å². The lowest BCUT2D eigenvalue weighted by Crippen LogP contribution is -2.46. The second kappa shape index (κ2) is 9.34. The third kappa shape index (κ3) is 5.18. The molecule has 146 valence electrons. The van der Waals surface area contributed by atoms with Gasteiger partial charge in [-0.3, -0.25) is 4.79 Å². The molecule has 1 aromatic heterocycles. The zero-order chi connectivity index (χ0) is 17.2. The number of amides is 1. The molecule has 1 aliphatic heterocycles. The molecule has 26 heavy (non-hydrogen) atoms. The maximum atomic E-state index is 13.1. The van der Waals surface area contributed by atoms with Crippen molar-refractivity contribution >= 4 is 47.8 Å². The molecule has 3 rings (SSSR count). The van der Waals surface area contributed by atoms with Gasteiger partial charge in [0.1, 0.15) is 5.52 Å². The highest BCUT2D eigenvalue weighted by Crippen LogP contribution is 2.26. The van der Waals surface area contributed by atoms with Crippen molar-refractivity contribution < 1.29 is 18.0 Å². The van der Waals surface area contributed by atoms with Crippen molar-refractivity contribution in [2.24, 2.45) is 11.7 Å². The van der Waals surface area contributed by atoms with Gasteiger partial charge in [-0.05, 0) is 25.0 Å². The Morgan fingerprint density at radius 2 is 1.96 bits per heavy atom. The average Bonchev–Trinajstić information content (AvgIpc) is 3.04. The summed E-state index contributed by atoms with van der Waals surface area (Å²) in [5, 5.41) is 2.29. The third-order valence-corrected chi connectivity index (χ3v) is 4.24. The first-order valence-corrected chi connectivity index (χ1v) is 7.95. The van der Waals surface area contributed by atoms with E-state index < -0.39 is 19.0 Å². The second-order valence-electron chi connectivity index (χ2n) is 6.00. The van der Waals surface area contributed by atoms with E-state index >= 15 is 0 Å². The molecular formula is C16H22Cl2F2N4O2. The Kier molecular flexibility index (Phi) is 8.05. The molecule has 0 spiro atoms. The summed E-state index contributed by atoms with van der Waals surface area (Å²) >= 11 is 0. The Morgan fingerprint density at radius 3 is 2.58 bits per heavy atom. The van der Waals surface area contributed by atoms with Crippen molar-refractivity contribution in [2.45, 2.75) is 18.8 Å². The van der Waals surface area contributed by atoms with Gasteiger partial charge >= 0.3 is 0 Å². The molecule has 0 radical (unpaired) electrons. The van der Waals surface area contributed by atoms with Crippen LogP contribution < -0.4 is 16.0 Å². The van der Waals surface area contributed by atoms with Gasteiger partial charge in [0.05, 0.1) is 13.1 Å². The number of nitrogens with two attached hydrogens (primary N) is 1. The first-order chi connectivity index (χ1) is 11.5. The zero-order valence-corrected chi connectivity index (χ0v) is 15.6. The molecule has 1 aromatic carbocycles. The van der Waals surface area contributed by atoms with Crippen molar-refractivity contribution in [2.75, 3.05) is 31.1 Å². The van der Waals surface area contributed by atoms with Crippen LogP contribution in [0.3, 0.4) is 0 Å². The molecule has 3 N–H and O–H groups in total.